The van der Waals surface area contributed by atoms with Gasteiger partial charge in [-0.3, -0.25) is 4.31 Å². The van der Waals surface area contributed by atoms with Crippen molar-refractivity contribution < 1.29 is 27.1 Å². The predicted octanol–water partition coefficient (Wildman–Crippen LogP) is 4.49. The van der Waals surface area contributed by atoms with Gasteiger partial charge < -0.3 is 9.47 Å². The molecule has 158 valence electrons. The Morgan fingerprint density at radius 2 is 1.90 bits per heavy atom. The fraction of sp³-hybridized carbons (Fsp3) is 0.150. The van der Waals surface area contributed by atoms with Crippen molar-refractivity contribution in [3.05, 3.63) is 76.4 Å². The fourth-order valence-electron chi connectivity index (χ4n) is 2.42. The molecule has 0 saturated heterocycles. The van der Waals surface area contributed by atoms with Gasteiger partial charge in [-0.1, -0.05) is 23.7 Å². The summed E-state index contributed by atoms with van der Waals surface area (Å²) in [5.74, 6) is -0.731. The summed E-state index contributed by atoms with van der Waals surface area (Å²) < 4.78 is 49.9. The quantitative estimate of drug-likeness (QED) is 0.454. The smallest absolute Gasteiger partial charge is 0.344 e. The zero-order chi connectivity index (χ0) is 21.7. The number of hydrogen-bond acceptors (Lipinski definition) is 6. The first kappa shape index (κ1) is 22.1. The minimum Gasteiger partial charge on any atom is -0.482 e. The Labute approximate surface area is 182 Å². The van der Waals surface area contributed by atoms with E-state index < -0.39 is 21.8 Å². The van der Waals surface area contributed by atoms with Crippen molar-refractivity contribution in [1.29, 1.82) is 0 Å². The minimum atomic E-state index is -3.62. The van der Waals surface area contributed by atoms with Crippen LogP contribution < -0.4 is 9.04 Å². The molecule has 0 aliphatic heterocycles. The van der Waals surface area contributed by atoms with Gasteiger partial charge in [-0.05, 0) is 47.8 Å². The molecule has 0 fully saturated rings. The summed E-state index contributed by atoms with van der Waals surface area (Å²) in [5.41, 5.74) is 0.926. The van der Waals surface area contributed by atoms with Gasteiger partial charge in [0.1, 0.15) is 22.4 Å². The third-order valence-corrected chi connectivity index (χ3v) is 7.58. The normalized spacial score (nSPS) is 11.2. The second-order valence-electron chi connectivity index (χ2n) is 6.08. The third-order valence-electron chi connectivity index (χ3n) is 4.07. The molecular formula is C20H17ClFNO5S2. The Balaban J connectivity index is 1.53. The summed E-state index contributed by atoms with van der Waals surface area (Å²) in [6.07, 6.45) is 0. The lowest BCUT2D eigenvalue weighted by atomic mass is 10.2. The molecule has 0 atom stereocenters. The van der Waals surface area contributed by atoms with Crippen LogP contribution in [0.15, 0.2) is 64.2 Å². The summed E-state index contributed by atoms with van der Waals surface area (Å²) in [4.78, 5) is 11.9. The molecule has 2 aromatic carbocycles. The van der Waals surface area contributed by atoms with Gasteiger partial charge in [-0.15, -0.1) is 11.3 Å². The zero-order valence-corrected chi connectivity index (χ0v) is 18.1. The molecule has 0 bridgehead atoms. The molecule has 3 rings (SSSR count). The van der Waals surface area contributed by atoms with Crippen LogP contribution in [0.5, 0.6) is 5.75 Å². The minimum absolute atomic E-state index is 0.106. The largest absolute Gasteiger partial charge is 0.482 e. The highest BCUT2D eigenvalue weighted by atomic mass is 35.5. The predicted molar refractivity (Wildman–Crippen MR) is 113 cm³/mol. The van der Waals surface area contributed by atoms with Gasteiger partial charge in [0.2, 0.25) is 0 Å². The van der Waals surface area contributed by atoms with Crippen LogP contribution in [0.4, 0.5) is 10.1 Å². The van der Waals surface area contributed by atoms with E-state index in [1.165, 1.54) is 23.5 Å². The average molecular weight is 470 g/mol. The maximum absolute atomic E-state index is 13.0. The van der Waals surface area contributed by atoms with E-state index in [2.05, 4.69) is 0 Å². The van der Waals surface area contributed by atoms with E-state index in [1.807, 2.05) is 0 Å². The summed E-state index contributed by atoms with van der Waals surface area (Å²) in [7, 11) is -2.16. The van der Waals surface area contributed by atoms with Crippen molar-refractivity contribution in [3.63, 3.8) is 0 Å². The molecule has 0 aliphatic rings. The van der Waals surface area contributed by atoms with Crippen LogP contribution in [0.1, 0.15) is 5.56 Å². The van der Waals surface area contributed by atoms with E-state index in [0.29, 0.717) is 17.0 Å². The maximum Gasteiger partial charge on any atom is 0.344 e. The first-order valence-corrected chi connectivity index (χ1v) is 11.3. The van der Waals surface area contributed by atoms with Crippen LogP contribution in [0, 0.1) is 5.82 Å². The van der Waals surface area contributed by atoms with Gasteiger partial charge >= 0.3 is 5.97 Å². The maximum atomic E-state index is 13.0. The third kappa shape index (κ3) is 5.29. The molecule has 0 spiro atoms. The first-order valence-electron chi connectivity index (χ1n) is 8.62. The van der Waals surface area contributed by atoms with Gasteiger partial charge in [0.25, 0.3) is 10.0 Å². The van der Waals surface area contributed by atoms with E-state index in [0.717, 1.165) is 17.4 Å². The Morgan fingerprint density at radius 1 is 1.17 bits per heavy atom. The SMILES string of the molecule is CN(c1ccc(OCC(=O)OCc2ccc(F)cc2Cl)cc1)S(=O)(=O)c1cccs1. The fourth-order valence-corrected chi connectivity index (χ4v) is 5.00. The van der Waals surface area contributed by atoms with Gasteiger partial charge in [0, 0.05) is 12.6 Å². The van der Waals surface area contributed by atoms with Crippen molar-refractivity contribution in [2.45, 2.75) is 10.8 Å². The number of halogens is 2. The number of rotatable bonds is 8. The van der Waals surface area contributed by atoms with E-state index >= 15 is 0 Å². The molecule has 1 heterocycles. The summed E-state index contributed by atoms with van der Waals surface area (Å²) in [6, 6.07) is 13.3. The molecule has 0 radical (unpaired) electrons. The summed E-state index contributed by atoms with van der Waals surface area (Å²) in [5, 5.41) is 1.86. The van der Waals surface area contributed by atoms with Crippen LogP contribution >= 0.6 is 22.9 Å². The topological polar surface area (TPSA) is 72.9 Å². The molecule has 10 heteroatoms. The lowest BCUT2D eigenvalue weighted by Crippen LogP contribution is -2.25. The second kappa shape index (κ2) is 9.46. The van der Waals surface area contributed by atoms with Gasteiger partial charge in [-0.2, -0.15) is 0 Å². The van der Waals surface area contributed by atoms with Crippen LogP contribution in [0.3, 0.4) is 0 Å². The number of anilines is 1. The van der Waals surface area contributed by atoms with Crippen molar-refractivity contribution >= 4 is 44.6 Å². The van der Waals surface area contributed by atoms with Gasteiger partial charge in [0.05, 0.1) is 10.7 Å². The van der Waals surface area contributed by atoms with E-state index in [1.54, 1.807) is 41.8 Å². The Morgan fingerprint density at radius 3 is 2.53 bits per heavy atom. The molecule has 0 aliphatic carbocycles. The molecule has 0 N–H and O–H groups in total. The highest BCUT2D eigenvalue weighted by Crippen LogP contribution is 2.26. The number of esters is 1. The van der Waals surface area contributed by atoms with Crippen molar-refractivity contribution in [2.24, 2.45) is 0 Å². The molecule has 1 aromatic heterocycles. The standard InChI is InChI=1S/C20H17ClFNO5S2/c1-23(30(25,26)20-3-2-10-29-20)16-6-8-17(9-7-16)27-13-19(24)28-12-14-4-5-15(22)11-18(14)21/h2-11H,12-13H2,1H3. The monoisotopic (exact) mass is 469 g/mol. The van der Waals surface area contributed by atoms with Gasteiger partial charge in [0.15, 0.2) is 6.61 Å². The lowest BCUT2D eigenvalue weighted by Gasteiger charge is -2.18. The van der Waals surface area contributed by atoms with Gasteiger partial charge in [-0.25, -0.2) is 17.6 Å². The summed E-state index contributed by atoms with van der Waals surface area (Å²) in [6.45, 7) is -0.451. The number of carbonyl (C=O) groups is 1. The second-order valence-corrected chi connectivity index (χ2v) is 9.63. The number of sulfonamides is 1. The Bertz CT molecular complexity index is 1120. The molecule has 0 unspecified atom stereocenters. The zero-order valence-electron chi connectivity index (χ0n) is 15.7. The Hall–Kier alpha value is -2.62. The molecule has 6 nitrogen and oxygen atoms in total. The van der Waals surface area contributed by atoms with Crippen LogP contribution in [-0.2, 0) is 26.2 Å². The lowest BCUT2D eigenvalue weighted by molar-refractivity contribution is -0.147. The number of benzene rings is 2. The highest BCUT2D eigenvalue weighted by Gasteiger charge is 2.22. The first-order chi connectivity index (χ1) is 14.3. The van der Waals surface area contributed by atoms with E-state index in [4.69, 9.17) is 21.1 Å². The van der Waals surface area contributed by atoms with Crippen LogP contribution in [0.25, 0.3) is 0 Å². The molecule has 0 saturated carbocycles. The van der Waals surface area contributed by atoms with Crippen LogP contribution in [-0.4, -0.2) is 28.0 Å². The van der Waals surface area contributed by atoms with E-state index in [9.17, 15) is 17.6 Å². The number of nitrogens with zero attached hydrogens (tertiary/aromatic N) is 1. The summed E-state index contributed by atoms with van der Waals surface area (Å²) >= 11 is 7.02. The van der Waals surface area contributed by atoms with Crippen LogP contribution in [0.2, 0.25) is 5.02 Å². The number of ether oxygens (including phenoxy) is 2. The number of thiophene rings is 1. The molecular weight excluding hydrogens is 453 g/mol. The van der Waals surface area contributed by atoms with Crippen molar-refractivity contribution in [2.75, 3.05) is 18.0 Å². The highest BCUT2D eigenvalue weighted by molar-refractivity contribution is 7.94. The molecule has 3 aromatic rings. The number of hydrogen-bond donors (Lipinski definition) is 0. The van der Waals surface area contributed by atoms with Crippen molar-refractivity contribution in [1.82, 2.24) is 0 Å². The molecule has 0 amide bonds. The van der Waals surface area contributed by atoms with Crippen molar-refractivity contribution in [3.8, 4) is 5.75 Å². The molecule has 30 heavy (non-hydrogen) atoms. The average Bonchev–Trinajstić information content (AvgIpc) is 3.27. The Kier molecular flexibility index (Phi) is 6.96. The number of carbonyl (C=O) groups excluding carboxylic acids is 1. The van der Waals surface area contributed by atoms with E-state index in [-0.39, 0.29) is 22.4 Å².